The van der Waals surface area contributed by atoms with Gasteiger partial charge in [-0.05, 0) is 68.3 Å². The summed E-state index contributed by atoms with van der Waals surface area (Å²) in [5.41, 5.74) is 2.97. The molecule has 1 fully saturated rings. The van der Waals surface area contributed by atoms with E-state index in [9.17, 15) is 4.39 Å². The zero-order valence-corrected chi connectivity index (χ0v) is 12.6. The first-order valence-corrected chi connectivity index (χ1v) is 8.20. The first kappa shape index (κ1) is 13.9. The topological polar surface area (TPSA) is 42.7 Å². The van der Waals surface area contributed by atoms with E-state index in [-0.39, 0.29) is 11.9 Å². The van der Waals surface area contributed by atoms with E-state index in [2.05, 4.69) is 21.8 Å². The molecule has 2 aliphatic rings. The summed E-state index contributed by atoms with van der Waals surface area (Å²) in [7, 11) is 0. The van der Waals surface area contributed by atoms with E-state index in [0.29, 0.717) is 5.92 Å². The molecule has 1 unspecified atom stereocenters. The van der Waals surface area contributed by atoms with E-state index in [1.165, 1.54) is 12.8 Å². The van der Waals surface area contributed by atoms with E-state index < -0.39 is 0 Å². The Morgan fingerprint density at radius 2 is 2.27 bits per heavy atom. The predicted octanol–water partition coefficient (Wildman–Crippen LogP) is 2.49. The van der Waals surface area contributed by atoms with Gasteiger partial charge in [-0.2, -0.15) is 0 Å². The number of aromatic nitrogens is 3. The van der Waals surface area contributed by atoms with Crippen molar-refractivity contribution >= 4 is 0 Å². The highest BCUT2D eigenvalue weighted by atomic mass is 19.1. The molecule has 2 atom stereocenters. The van der Waals surface area contributed by atoms with Gasteiger partial charge in [0.1, 0.15) is 5.82 Å². The molecule has 0 radical (unpaired) electrons. The summed E-state index contributed by atoms with van der Waals surface area (Å²) in [6.07, 6.45) is 7.24. The third kappa shape index (κ3) is 2.54. The molecule has 4 nitrogen and oxygen atoms in total. The Morgan fingerprint density at radius 1 is 1.32 bits per heavy atom. The molecule has 1 aliphatic heterocycles. The van der Waals surface area contributed by atoms with Gasteiger partial charge in [0.2, 0.25) is 0 Å². The van der Waals surface area contributed by atoms with Gasteiger partial charge in [-0.1, -0.05) is 17.3 Å². The Hall–Kier alpha value is -1.75. The third-order valence-electron chi connectivity index (χ3n) is 4.96. The highest BCUT2D eigenvalue weighted by Crippen LogP contribution is 2.35. The van der Waals surface area contributed by atoms with Gasteiger partial charge in [-0.3, -0.25) is 0 Å². The molecule has 1 aromatic carbocycles. The average Bonchev–Trinajstić information content (AvgIpc) is 3.15. The molecule has 116 valence electrons. The Labute approximate surface area is 129 Å². The number of hydrogen-bond acceptors (Lipinski definition) is 3. The van der Waals surface area contributed by atoms with E-state index in [1.807, 2.05) is 10.7 Å². The highest BCUT2D eigenvalue weighted by Gasteiger charge is 2.27. The lowest BCUT2D eigenvalue weighted by atomic mass is 9.95. The fourth-order valence-electron chi connectivity index (χ4n) is 3.82. The van der Waals surface area contributed by atoms with E-state index in [4.69, 9.17) is 0 Å². The van der Waals surface area contributed by atoms with Crippen LogP contribution in [0.5, 0.6) is 0 Å². The number of fused-ring (bicyclic) bond motifs is 1. The fraction of sp³-hybridized carbons (Fsp3) is 0.529. The quantitative estimate of drug-likeness (QED) is 0.947. The molecule has 1 N–H and O–H groups in total. The van der Waals surface area contributed by atoms with E-state index in [1.54, 1.807) is 12.1 Å². The van der Waals surface area contributed by atoms with Gasteiger partial charge in [0.05, 0.1) is 11.7 Å². The SMILES string of the molecule is Fc1cccc2c1CC[C@H]2n1cc(CC2CCCNC2)nn1. The molecule has 1 aliphatic carbocycles. The molecular formula is C17H21FN4. The van der Waals surface area contributed by atoms with Crippen LogP contribution in [0, 0.1) is 11.7 Å². The van der Waals surface area contributed by atoms with Crippen LogP contribution in [0.25, 0.3) is 0 Å². The fourth-order valence-corrected chi connectivity index (χ4v) is 3.82. The Bertz CT molecular complexity index is 660. The van der Waals surface area contributed by atoms with Crippen LogP contribution in [0.15, 0.2) is 24.4 Å². The summed E-state index contributed by atoms with van der Waals surface area (Å²) >= 11 is 0. The van der Waals surface area contributed by atoms with Crippen LogP contribution in [-0.4, -0.2) is 28.1 Å². The monoisotopic (exact) mass is 300 g/mol. The molecule has 2 heterocycles. The first-order chi connectivity index (χ1) is 10.8. The van der Waals surface area contributed by atoms with Crippen molar-refractivity contribution in [1.29, 1.82) is 0 Å². The normalized spacial score (nSPS) is 24.4. The van der Waals surface area contributed by atoms with Crippen molar-refractivity contribution in [3.8, 4) is 0 Å². The number of piperidine rings is 1. The molecule has 0 amide bonds. The summed E-state index contributed by atoms with van der Waals surface area (Å²) in [5, 5.41) is 12.1. The minimum atomic E-state index is -0.0892. The number of benzene rings is 1. The molecule has 1 aromatic heterocycles. The maximum Gasteiger partial charge on any atom is 0.126 e. The second-order valence-corrected chi connectivity index (χ2v) is 6.47. The van der Waals surface area contributed by atoms with Crippen molar-refractivity contribution in [3.05, 3.63) is 47.0 Å². The lowest BCUT2D eigenvalue weighted by molar-refractivity contribution is 0.373. The standard InChI is InChI=1S/C17H21FN4/c18-16-5-1-4-15-14(16)6-7-17(15)22-11-13(20-21-22)9-12-3-2-8-19-10-12/h1,4-5,11-12,17,19H,2-3,6-10H2/t12?,17-/m1/s1. The molecule has 0 saturated carbocycles. The number of nitrogens with zero attached hydrogens (tertiary/aromatic N) is 3. The van der Waals surface area contributed by atoms with Gasteiger partial charge in [-0.25, -0.2) is 9.07 Å². The lowest BCUT2D eigenvalue weighted by Crippen LogP contribution is -2.30. The first-order valence-electron chi connectivity index (χ1n) is 8.20. The summed E-state index contributed by atoms with van der Waals surface area (Å²) in [4.78, 5) is 0. The highest BCUT2D eigenvalue weighted by molar-refractivity contribution is 5.36. The summed E-state index contributed by atoms with van der Waals surface area (Å²) in [6.45, 7) is 2.21. The summed E-state index contributed by atoms with van der Waals surface area (Å²) in [6, 6.07) is 5.49. The van der Waals surface area contributed by atoms with Gasteiger partial charge in [-0.15, -0.1) is 5.10 Å². The molecule has 4 rings (SSSR count). The maximum absolute atomic E-state index is 13.8. The van der Waals surface area contributed by atoms with Crippen molar-refractivity contribution in [3.63, 3.8) is 0 Å². The van der Waals surface area contributed by atoms with Crippen LogP contribution in [0.3, 0.4) is 0 Å². The Morgan fingerprint density at radius 3 is 3.14 bits per heavy atom. The van der Waals surface area contributed by atoms with Crippen molar-refractivity contribution in [1.82, 2.24) is 20.3 Å². The molecule has 2 aromatic rings. The second-order valence-electron chi connectivity index (χ2n) is 6.47. The lowest BCUT2D eigenvalue weighted by Gasteiger charge is -2.21. The predicted molar refractivity (Wildman–Crippen MR) is 82.2 cm³/mol. The van der Waals surface area contributed by atoms with Crippen LogP contribution < -0.4 is 5.32 Å². The third-order valence-corrected chi connectivity index (χ3v) is 4.96. The van der Waals surface area contributed by atoms with Crippen LogP contribution in [0.4, 0.5) is 4.39 Å². The molecule has 22 heavy (non-hydrogen) atoms. The number of halogens is 1. The largest absolute Gasteiger partial charge is 0.316 e. The van der Waals surface area contributed by atoms with Gasteiger partial charge < -0.3 is 5.32 Å². The summed E-state index contributed by atoms with van der Waals surface area (Å²) < 4.78 is 15.8. The smallest absolute Gasteiger partial charge is 0.126 e. The van der Waals surface area contributed by atoms with Crippen molar-refractivity contribution in [2.45, 2.75) is 38.1 Å². The van der Waals surface area contributed by atoms with E-state index >= 15 is 0 Å². The zero-order valence-electron chi connectivity index (χ0n) is 12.6. The van der Waals surface area contributed by atoms with E-state index in [0.717, 1.165) is 49.2 Å². The van der Waals surface area contributed by atoms with Crippen LogP contribution in [-0.2, 0) is 12.8 Å². The van der Waals surface area contributed by atoms with Gasteiger partial charge >= 0.3 is 0 Å². The van der Waals surface area contributed by atoms with Crippen LogP contribution in [0.2, 0.25) is 0 Å². The molecule has 0 bridgehead atoms. The van der Waals surface area contributed by atoms with Crippen molar-refractivity contribution < 1.29 is 4.39 Å². The minimum Gasteiger partial charge on any atom is -0.316 e. The number of nitrogens with one attached hydrogen (secondary N) is 1. The van der Waals surface area contributed by atoms with Crippen LogP contribution >= 0.6 is 0 Å². The van der Waals surface area contributed by atoms with Gasteiger partial charge in [0.25, 0.3) is 0 Å². The second kappa shape index (κ2) is 5.80. The molecule has 0 spiro atoms. The maximum atomic E-state index is 13.8. The summed E-state index contributed by atoms with van der Waals surface area (Å²) in [5.74, 6) is 0.570. The average molecular weight is 300 g/mol. The van der Waals surface area contributed by atoms with Crippen LogP contribution in [0.1, 0.15) is 42.1 Å². The Balaban J connectivity index is 1.52. The van der Waals surface area contributed by atoms with Crippen molar-refractivity contribution in [2.24, 2.45) is 5.92 Å². The van der Waals surface area contributed by atoms with Crippen molar-refractivity contribution in [2.75, 3.05) is 13.1 Å². The van der Waals surface area contributed by atoms with Gasteiger partial charge in [0, 0.05) is 6.20 Å². The zero-order chi connectivity index (χ0) is 14.9. The number of rotatable bonds is 3. The Kier molecular flexibility index (Phi) is 3.66. The number of hydrogen-bond donors (Lipinski definition) is 1. The molecular weight excluding hydrogens is 279 g/mol. The van der Waals surface area contributed by atoms with Gasteiger partial charge in [0.15, 0.2) is 0 Å². The minimum absolute atomic E-state index is 0.0892. The molecule has 1 saturated heterocycles. The molecule has 5 heteroatoms.